The topological polar surface area (TPSA) is 0 Å². The van der Waals surface area contributed by atoms with E-state index in [1.807, 2.05) is 0 Å². The fourth-order valence-corrected chi connectivity index (χ4v) is 2.50. The van der Waals surface area contributed by atoms with Crippen LogP contribution in [0.2, 0.25) is 0 Å². The Kier molecular flexibility index (Phi) is 4.47. The second-order valence-corrected chi connectivity index (χ2v) is 6.11. The lowest BCUT2D eigenvalue weighted by atomic mass is 9.84. The normalized spacial score (nSPS) is 23.6. The van der Waals surface area contributed by atoms with E-state index in [-0.39, 0.29) is 0 Å². The number of hydrogen-bond donors (Lipinski definition) is 0. The molecule has 0 aliphatic heterocycles. The van der Waals surface area contributed by atoms with Crippen molar-refractivity contribution in [2.24, 2.45) is 29.6 Å². The summed E-state index contributed by atoms with van der Waals surface area (Å²) in [6.07, 6.45) is 5.90. The quantitative estimate of drug-likeness (QED) is 0.575. The van der Waals surface area contributed by atoms with E-state index in [0.717, 1.165) is 29.6 Å². The number of hydrogen-bond acceptors (Lipinski definition) is 0. The van der Waals surface area contributed by atoms with Crippen LogP contribution < -0.4 is 0 Å². The van der Waals surface area contributed by atoms with E-state index in [2.05, 4.69) is 34.6 Å². The Morgan fingerprint density at radius 1 is 0.929 bits per heavy atom. The molecule has 0 saturated heterocycles. The molecule has 0 aromatic carbocycles. The summed E-state index contributed by atoms with van der Waals surface area (Å²) in [5.74, 6) is 4.77. The molecule has 0 spiro atoms. The smallest absolute Gasteiger partial charge is 0.0388 e. The van der Waals surface area contributed by atoms with E-state index in [1.54, 1.807) is 0 Å². The van der Waals surface area contributed by atoms with Gasteiger partial charge in [-0.2, -0.15) is 0 Å². The Balaban J connectivity index is 2.16. The van der Waals surface area contributed by atoms with E-state index in [0.29, 0.717) is 0 Å². The van der Waals surface area contributed by atoms with Gasteiger partial charge in [-0.1, -0.05) is 34.6 Å². The predicted molar refractivity (Wildman–Crippen MR) is 64.3 cm³/mol. The molecule has 1 rings (SSSR count). The molecule has 1 saturated carbocycles. The van der Waals surface area contributed by atoms with Crippen LogP contribution in [-0.2, 0) is 0 Å². The molecule has 84 valence electrons. The first-order valence-electron chi connectivity index (χ1n) is 6.50. The molecule has 1 aliphatic rings. The molecule has 3 unspecified atom stereocenters. The molecular formula is C14H28. The summed E-state index contributed by atoms with van der Waals surface area (Å²) >= 11 is 0. The van der Waals surface area contributed by atoms with Gasteiger partial charge in [0.25, 0.3) is 0 Å². The molecule has 0 aromatic rings. The summed E-state index contributed by atoms with van der Waals surface area (Å²) in [5.41, 5.74) is 0. The van der Waals surface area contributed by atoms with Crippen LogP contribution in [0.1, 0.15) is 60.3 Å². The van der Waals surface area contributed by atoms with Crippen LogP contribution in [0.4, 0.5) is 0 Å². The molecule has 0 heterocycles. The lowest BCUT2D eigenvalue weighted by molar-refractivity contribution is 0.285. The van der Waals surface area contributed by atoms with E-state index in [4.69, 9.17) is 0 Å². The first-order chi connectivity index (χ1) is 6.50. The van der Waals surface area contributed by atoms with Crippen molar-refractivity contribution < 1.29 is 0 Å². The minimum atomic E-state index is 0.855. The second kappa shape index (κ2) is 5.19. The van der Waals surface area contributed by atoms with Crippen molar-refractivity contribution in [3.8, 4) is 0 Å². The van der Waals surface area contributed by atoms with Crippen LogP contribution in [0.25, 0.3) is 0 Å². The zero-order valence-corrected chi connectivity index (χ0v) is 10.7. The van der Waals surface area contributed by atoms with Crippen molar-refractivity contribution >= 4 is 0 Å². The Labute approximate surface area is 90.5 Å². The molecule has 0 bridgehead atoms. The Morgan fingerprint density at radius 3 is 1.93 bits per heavy atom. The van der Waals surface area contributed by atoms with Crippen molar-refractivity contribution in [3.63, 3.8) is 0 Å². The number of rotatable bonds is 6. The van der Waals surface area contributed by atoms with E-state index >= 15 is 0 Å². The van der Waals surface area contributed by atoms with Crippen LogP contribution in [-0.4, -0.2) is 0 Å². The lowest BCUT2D eigenvalue weighted by Gasteiger charge is -2.22. The molecule has 0 aromatic heterocycles. The molecule has 14 heavy (non-hydrogen) atoms. The fourth-order valence-electron chi connectivity index (χ4n) is 2.50. The third-order valence-corrected chi connectivity index (χ3v) is 4.11. The van der Waals surface area contributed by atoms with E-state index in [9.17, 15) is 0 Å². The first-order valence-corrected chi connectivity index (χ1v) is 6.50. The monoisotopic (exact) mass is 196 g/mol. The minimum Gasteiger partial charge on any atom is -0.0625 e. The third-order valence-electron chi connectivity index (χ3n) is 4.11. The van der Waals surface area contributed by atoms with E-state index < -0.39 is 0 Å². The molecule has 0 N–H and O–H groups in total. The SMILES string of the molecule is CC(CC(C)C(C)C)CC(C)C1CC1. The Bertz CT molecular complexity index is 145. The molecule has 0 amide bonds. The van der Waals surface area contributed by atoms with Gasteiger partial charge < -0.3 is 0 Å². The largest absolute Gasteiger partial charge is 0.0625 e. The van der Waals surface area contributed by atoms with Gasteiger partial charge in [-0.05, 0) is 55.3 Å². The maximum atomic E-state index is 2.45. The summed E-state index contributed by atoms with van der Waals surface area (Å²) in [6, 6.07) is 0. The Morgan fingerprint density at radius 2 is 1.50 bits per heavy atom. The predicted octanol–water partition coefficient (Wildman–Crippen LogP) is 4.74. The van der Waals surface area contributed by atoms with Crippen molar-refractivity contribution in [2.45, 2.75) is 60.3 Å². The van der Waals surface area contributed by atoms with Crippen LogP contribution in [0.5, 0.6) is 0 Å². The van der Waals surface area contributed by atoms with E-state index in [1.165, 1.54) is 25.7 Å². The molecule has 0 nitrogen and oxygen atoms in total. The lowest BCUT2D eigenvalue weighted by Crippen LogP contribution is -2.12. The summed E-state index contributed by atoms with van der Waals surface area (Å²) in [5, 5.41) is 0. The summed E-state index contributed by atoms with van der Waals surface area (Å²) in [7, 11) is 0. The van der Waals surface area contributed by atoms with Crippen molar-refractivity contribution in [3.05, 3.63) is 0 Å². The van der Waals surface area contributed by atoms with Crippen LogP contribution >= 0.6 is 0 Å². The maximum absolute atomic E-state index is 2.45. The average molecular weight is 196 g/mol. The third kappa shape index (κ3) is 4.02. The maximum Gasteiger partial charge on any atom is -0.0388 e. The fraction of sp³-hybridized carbons (Fsp3) is 1.00. The highest BCUT2D eigenvalue weighted by Crippen LogP contribution is 2.40. The molecule has 0 heteroatoms. The zero-order valence-electron chi connectivity index (χ0n) is 10.7. The molecule has 1 aliphatic carbocycles. The molecular weight excluding hydrogens is 168 g/mol. The summed E-state index contributed by atoms with van der Waals surface area (Å²) in [6.45, 7) is 12.0. The first kappa shape index (κ1) is 12.1. The van der Waals surface area contributed by atoms with Crippen molar-refractivity contribution in [1.29, 1.82) is 0 Å². The van der Waals surface area contributed by atoms with Gasteiger partial charge in [0.2, 0.25) is 0 Å². The van der Waals surface area contributed by atoms with Crippen LogP contribution in [0.15, 0.2) is 0 Å². The standard InChI is InChI=1S/C14H28/c1-10(2)12(4)8-11(3)9-13(5)14-6-7-14/h10-14H,6-9H2,1-5H3. The molecule has 0 radical (unpaired) electrons. The van der Waals surface area contributed by atoms with Crippen molar-refractivity contribution in [1.82, 2.24) is 0 Å². The minimum absolute atomic E-state index is 0.855. The van der Waals surface area contributed by atoms with Gasteiger partial charge in [0.05, 0.1) is 0 Å². The van der Waals surface area contributed by atoms with Gasteiger partial charge >= 0.3 is 0 Å². The highest BCUT2D eigenvalue weighted by atomic mass is 14.3. The summed E-state index contributed by atoms with van der Waals surface area (Å²) in [4.78, 5) is 0. The van der Waals surface area contributed by atoms with Gasteiger partial charge in [0.15, 0.2) is 0 Å². The highest BCUT2D eigenvalue weighted by molar-refractivity contribution is 4.80. The zero-order chi connectivity index (χ0) is 10.7. The van der Waals surface area contributed by atoms with Gasteiger partial charge in [-0.3, -0.25) is 0 Å². The van der Waals surface area contributed by atoms with Gasteiger partial charge in [0, 0.05) is 0 Å². The highest BCUT2D eigenvalue weighted by Gasteiger charge is 2.28. The van der Waals surface area contributed by atoms with Gasteiger partial charge in [0.1, 0.15) is 0 Å². The van der Waals surface area contributed by atoms with Crippen LogP contribution in [0, 0.1) is 29.6 Å². The molecule has 1 fully saturated rings. The van der Waals surface area contributed by atoms with Crippen molar-refractivity contribution in [2.75, 3.05) is 0 Å². The Hall–Kier alpha value is 0. The van der Waals surface area contributed by atoms with Gasteiger partial charge in [-0.15, -0.1) is 0 Å². The summed E-state index contributed by atoms with van der Waals surface area (Å²) < 4.78 is 0. The van der Waals surface area contributed by atoms with Crippen LogP contribution in [0.3, 0.4) is 0 Å². The molecule has 3 atom stereocenters. The van der Waals surface area contributed by atoms with Gasteiger partial charge in [-0.25, -0.2) is 0 Å². The average Bonchev–Trinajstić information content (AvgIpc) is 2.85. The second-order valence-electron chi connectivity index (χ2n) is 6.11.